The number of hydrogen-bond donors (Lipinski definition) is 2. The molecule has 1 amide bonds. The fraction of sp³-hybridized carbons (Fsp3) is 0.409. The van der Waals surface area contributed by atoms with Gasteiger partial charge >= 0.3 is 0 Å². The first kappa shape index (κ1) is 19.4. The minimum absolute atomic E-state index is 0.0168. The van der Waals surface area contributed by atoms with Crippen molar-refractivity contribution in [2.24, 2.45) is 0 Å². The van der Waals surface area contributed by atoms with Crippen LogP contribution in [-0.2, 0) is 11.2 Å². The third kappa shape index (κ3) is 4.87. The molecule has 0 aromatic heterocycles. The zero-order valence-corrected chi connectivity index (χ0v) is 16.1. The number of carbonyl (C=O) groups is 1. The Morgan fingerprint density at radius 1 is 1.22 bits per heavy atom. The van der Waals surface area contributed by atoms with Crippen molar-refractivity contribution in [2.75, 3.05) is 32.8 Å². The molecule has 0 bridgehead atoms. The van der Waals surface area contributed by atoms with E-state index in [2.05, 4.69) is 41.4 Å². The van der Waals surface area contributed by atoms with E-state index in [1.807, 2.05) is 13.0 Å². The molecule has 2 N–H and O–H groups in total. The van der Waals surface area contributed by atoms with E-state index >= 15 is 0 Å². The van der Waals surface area contributed by atoms with E-state index in [9.17, 15) is 9.90 Å². The Hall–Kier alpha value is -2.37. The molecule has 1 heterocycles. The lowest BCUT2D eigenvalue weighted by molar-refractivity contribution is 0.0162. The molecule has 1 aliphatic heterocycles. The number of amides is 1. The Morgan fingerprint density at radius 2 is 2.00 bits per heavy atom. The summed E-state index contributed by atoms with van der Waals surface area (Å²) in [6.07, 6.45) is 0.820. The van der Waals surface area contributed by atoms with Crippen LogP contribution in [0.2, 0.25) is 0 Å². The van der Waals surface area contributed by atoms with Crippen LogP contribution in [0.15, 0.2) is 42.5 Å². The van der Waals surface area contributed by atoms with Gasteiger partial charge in [-0.3, -0.25) is 9.69 Å². The molecule has 2 aromatic carbocycles. The summed E-state index contributed by atoms with van der Waals surface area (Å²) >= 11 is 0. The summed E-state index contributed by atoms with van der Waals surface area (Å²) in [5, 5.41) is 13.1. The highest BCUT2D eigenvalue weighted by molar-refractivity contribution is 5.97. The summed E-state index contributed by atoms with van der Waals surface area (Å²) < 4.78 is 5.48. The molecule has 3 rings (SSSR count). The van der Waals surface area contributed by atoms with Crippen molar-refractivity contribution in [3.8, 4) is 5.75 Å². The topological polar surface area (TPSA) is 61.8 Å². The van der Waals surface area contributed by atoms with Crippen LogP contribution in [0.25, 0.3) is 0 Å². The van der Waals surface area contributed by atoms with E-state index in [-0.39, 0.29) is 17.7 Å². The molecule has 1 atom stereocenters. The van der Waals surface area contributed by atoms with Gasteiger partial charge in [-0.1, -0.05) is 42.8 Å². The predicted molar refractivity (Wildman–Crippen MR) is 106 cm³/mol. The third-order valence-electron chi connectivity index (χ3n) is 5.08. The Kier molecular flexibility index (Phi) is 6.48. The van der Waals surface area contributed by atoms with Gasteiger partial charge in [-0.25, -0.2) is 0 Å². The van der Waals surface area contributed by atoms with Crippen LogP contribution in [-0.4, -0.2) is 48.8 Å². The molecule has 5 nitrogen and oxygen atoms in total. The van der Waals surface area contributed by atoms with Gasteiger partial charge in [0.15, 0.2) is 0 Å². The van der Waals surface area contributed by atoms with E-state index in [1.165, 1.54) is 11.1 Å². The predicted octanol–water partition coefficient (Wildman–Crippen LogP) is 3.07. The fourth-order valence-electron chi connectivity index (χ4n) is 3.49. The fourth-order valence-corrected chi connectivity index (χ4v) is 3.49. The SMILES string of the molecule is CCc1ccc(O)c(C(=O)NCC(c2cccc(C)c2)N2CCOCC2)c1. The highest BCUT2D eigenvalue weighted by atomic mass is 16.5. The molecule has 144 valence electrons. The molecule has 27 heavy (non-hydrogen) atoms. The zero-order chi connectivity index (χ0) is 19.2. The molecular weight excluding hydrogens is 340 g/mol. The van der Waals surface area contributed by atoms with Crippen molar-refractivity contribution < 1.29 is 14.6 Å². The number of aryl methyl sites for hydroxylation is 2. The lowest BCUT2D eigenvalue weighted by atomic mass is 10.0. The number of morpholine rings is 1. The van der Waals surface area contributed by atoms with E-state index in [1.54, 1.807) is 12.1 Å². The van der Waals surface area contributed by atoms with Crippen molar-refractivity contribution in [1.29, 1.82) is 0 Å². The number of nitrogens with one attached hydrogen (secondary N) is 1. The molecule has 2 aromatic rings. The standard InChI is InChI=1S/C22H28N2O3/c1-3-17-7-8-21(25)19(14-17)22(26)23-15-20(24-9-11-27-12-10-24)18-6-4-5-16(2)13-18/h4-8,13-14,20,25H,3,9-12,15H2,1-2H3,(H,23,26). The number of carbonyl (C=O) groups excluding carboxylic acids is 1. The number of phenolic OH excluding ortho intramolecular Hbond substituents is 1. The van der Waals surface area contributed by atoms with Crippen molar-refractivity contribution in [3.05, 3.63) is 64.7 Å². The summed E-state index contributed by atoms with van der Waals surface area (Å²) in [6.45, 7) is 7.67. The Labute approximate surface area is 161 Å². The summed E-state index contributed by atoms with van der Waals surface area (Å²) in [5.41, 5.74) is 3.75. The first-order valence-corrected chi connectivity index (χ1v) is 9.57. The van der Waals surface area contributed by atoms with Crippen LogP contribution in [0.1, 0.15) is 40.0 Å². The molecule has 0 radical (unpaired) electrons. The van der Waals surface area contributed by atoms with E-state index in [4.69, 9.17) is 4.74 Å². The van der Waals surface area contributed by atoms with Gasteiger partial charge in [-0.05, 0) is 36.6 Å². The van der Waals surface area contributed by atoms with Crippen LogP contribution in [0.3, 0.4) is 0 Å². The van der Waals surface area contributed by atoms with Crippen LogP contribution in [0.5, 0.6) is 5.75 Å². The highest BCUT2D eigenvalue weighted by Gasteiger charge is 2.24. The molecule has 0 aliphatic carbocycles. The van der Waals surface area contributed by atoms with Gasteiger partial charge in [-0.15, -0.1) is 0 Å². The van der Waals surface area contributed by atoms with Gasteiger partial charge in [0.25, 0.3) is 5.91 Å². The van der Waals surface area contributed by atoms with Gasteiger partial charge in [-0.2, -0.15) is 0 Å². The minimum atomic E-state index is -0.242. The monoisotopic (exact) mass is 368 g/mol. The van der Waals surface area contributed by atoms with Crippen LogP contribution in [0.4, 0.5) is 0 Å². The van der Waals surface area contributed by atoms with E-state index in [0.717, 1.165) is 25.1 Å². The lowest BCUT2D eigenvalue weighted by Crippen LogP contribution is -2.43. The third-order valence-corrected chi connectivity index (χ3v) is 5.08. The summed E-state index contributed by atoms with van der Waals surface area (Å²) in [6, 6.07) is 13.7. The number of phenols is 1. The first-order chi connectivity index (χ1) is 13.1. The van der Waals surface area contributed by atoms with Gasteiger partial charge in [0.05, 0.1) is 24.8 Å². The van der Waals surface area contributed by atoms with Gasteiger partial charge in [0.2, 0.25) is 0 Å². The second kappa shape index (κ2) is 9.02. The molecule has 1 saturated heterocycles. The molecule has 1 fully saturated rings. The zero-order valence-electron chi connectivity index (χ0n) is 16.1. The molecule has 5 heteroatoms. The number of hydrogen-bond acceptors (Lipinski definition) is 4. The second-order valence-corrected chi connectivity index (χ2v) is 6.99. The maximum absolute atomic E-state index is 12.7. The number of nitrogens with zero attached hydrogens (tertiary/aromatic N) is 1. The maximum Gasteiger partial charge on any atom is 0.255 e. The van der Waals surface area contributed by atoms with Crippen molar-refractivity contribution in [1.82, 2.24) is 10.2 Å². The quantitative estimate of drug-likeness (QED) is 0.823. The number of ether oxygens (including phenoxy) is 1. The van der Waals surface area contributed by atoms with Crippen LogP contribution in [0, 0.1) is 6.92 Å². The van der Waals surface area contributed by atoms with E-state index in [0.29, 0.717) is 25.3 Å². The molecule has 0 saturated carbocycles. The van der Waals surface area contributed by atoms with Crippen molar-refractivity contribution in [3.63, 3.8) is 0 Å². The molecule has 1 unspecified atom stereocenters. The van der Waals surface area contributed by atoms with Crippen molar-refractivity contribution in [2.45, 2.75) is 26.3 Å². The number of rotatable bonds is 6. The summed E-state index contributed by atoms with van der Waals surface area (Å²) in [5.74, 6) is -0.225. The smallest absolute Gasteiger partial charge is 0.255 e. The van der Waals surface area contributed by atoms with Gasteiger partial charge < -0.3 is 15.2 Å². The average molecular weight is 368 g/mol. The Morgan fingerprint density at radius 3 is 2.70 bits per heavy atom. The summed E-state index contributed by atoms with van der Waals surface area (Å²) in [7, 11) is 0. The lowest BCUT2D eigenvalue weighted by Gasteiger charge is -2.35. The van der Waals surface area contributed by atoms with Crippen molar-refractivity contribution >= 4 is 5.91 Å². The molecule has 1 aliphatic rings. The van der Waals surface area contributed by atoms with Gasteiger partial charge in [0, 0.05) is 19.6 Å². The molecular formula is C22H28N2O3. The average Bonchev–Trinajstić information content (AvgIpc) is 2.69. The van der Waals surface area contributed by atoms with Crippen LogP contribution < -0.4 is 5.32 Å². The van der Waals surface area contributed by atoms with Crippen LogP contribution >= 0.6 is 0 Å². The summed E-state index contributed by atoms with van der Waals surface area (Å²) in [4.78, 5) is 15.1. The highest BCUT2D eigenvalue weighted by Crippen LogP contribution is 2.23. The second-order valence-electron chi connectivity index (χ2n) is 6.99. The minimum Gasteiger partial charge on any atom is -0.507 e. The maximum atomic E-state index is 12.7. The van der Waals surface area contributed by atoms with E-state index < -0.39 is 0 Å². The number of benzene rings is 2. The number of aromatic hydroxyl groups is 1. The van der Waals surface area contributed by atoms with Gasteiger partial charge in [0.1, 0.15) is 5.75 Å². The molecule has 0 spiro atoms. The Balaban J connectivity index is 1.77. The normalized spacial score (nSPS) is 16.1. The first-order valence-electron chi connectivity index (χ1n) is 9.57. The largest absolute Gasteiger partial charge is 0.507 e. The Bertz CT molecular complexity index is 785.